The van der Waals surface area contributed by atoms with Gasteiger partial charge in [0.1, 0.15) is 5.69 Å². The summed E-state index contributed by atoms with van der Waals surface area (Å²) in [7, 11) is 1.72. The third-order valence-corrected chi connectivity index (χ3v) is 2.66. The maximum Gasteiger partial charge on any atom is 0.333 e. The van der Waals surface area contributed by atoms with E-state index in [0.29, 0.717) is 17.9 Å². The first-order valence-electron chi connectivity index (χ1n) is 6.08. The highest BCUT2D eigenvalue weighted by Crippen LogP contribution is 2.29. The van der Waals surface area contributed by atoms with Gasteiger partial charge in [-0.1, -0.05) is 19.4 Å². The number of aryl methyl sites for hydroxylation is 2. The Labute approximate surface area is 107 Å². The van der Waals surface area contributed by atoms with E-state index in [4.69, 9.17) is 0 Å². The molecular weight excluding hydrogens is 232 g/mol. The molecule has 0 aliphatic heterocycles. The largest absolute Gasteiger partial charge is 0.362 e. The molecule has 100 valence electrons. The highest BCUT2D eigenvalue weighted by molar-refractivity contribution is 5.60. The molecule has 6 heteroatoms. The van der Waals surface area contributed by atoms with Crippen molar-refractivity contribution in [2.24, 2.45) is 7.05 Å². The van der Waals surface area contributed by atoms with Gasteiger partial charge in [-0.3, -0.25) is 10.1 Å². The SMILES string of the molecule is C=CCC(C)Nc1c([N+](=O)[O-])c(CCC)nn1C. The average molecular weight is 252 g/mol. The number of hydrogen-bond acceptors (Lipinski definition) is 4. The van der Waals surface area contributed by atoms with E-state index >= 15 is 0 Å². The zero-order valence-electron chi connectivity index (χ0n) is 11.1. The van der Waals surface area contributed by atoms with Crippen molar-refractivity contribution in [1.82, 2.24) is 9.78 Å². The molecule has 0 aromatic carbocycles. The summed E-state index contributed by atoms with van der Waals surface area (Å²) in [6.07, 6.45) is 3.97. The number of anilines is 1. The van der Waals surface area contributed by atoms with Gasteiger partial charge in [0, 0.05) is 13.1 Å². The van der Waals surface area contributed by atoms with Crippen LogP contribution in [0, 0.1) is 10.1 Å². The summed E-state index contributed by atoms with van der Waals surface area (Å²) >= 11 is 0. The van der Waals surface area contributed by atoms with Crippen molar-refractivity contribution in [2.75, 3.05) is 5.32 Å². The van der Waals surface area contributed by atoms with Gasteiger partial charge in [0.25, 0.3) is 0 Å². The summed E-state index contributed by atoms with van der Waals surface area (Å²) in [5.74, 6) is 0.470. The predicted octanol–water partition coefficient (Wildman–Crippen LogP) is 2.66. The first-order chi connectivity index (χ1) is 8.51. The number of hydrogen-bond donors (Lipinski definition) is 1. The minimum absolute atomic E-state index is 0.0890. The summed E-state index contributed by atoms with van der Waals surface area (Å²) < 4.78 is 1.54. The highest BCUT2D eigenvalue weighted by atomic mass is 16.6. The molecule has 0 radical (unpaired) electrons. The predicted molar refractivity (Wildman–Crippen MR) is 71.8 cm³/mol. The molecule has 1 atom stereocenters. The van der Waals surface area contributed by atoms with E-state index in [9.17, 15) is 10.1 Å². The van der Waals surface area contributed by atoms with E-state index in [2.05, 4.69) is 17.0 Å². The molecule has 0 spiro atoms. The van der Waals surface area contributed by atoms with E-state index in [0.717, 1.165) is 12.8 Å². The van der Waals surface area contributed by atoms with Crippen molar-refractivity contribution in [2.45, 2.75) is 39.2 Å². The van der Waals surface area contributed by atoms with Gasteiger partial charge in [-0.15, -0.1) is 6.58 Å². The van der Waals surface area contributed by atoms with E-state index in [1.807, 2.05) is 13.8 Å². The first-order valence-corrected chi connectivity index (χ1v) is 6.08. The second kappa shape index (κ2) is 6.18. The molecule has 1 N–H and O–H groups in total. The molecule has 1 rings (SSSR count). The highest BCUT2D eigenvalue weighted by Gasteiger charge is 2.26. The summed E-state index contributed by atoms with van der Waals surface area (Å²) in [5, 5.41) is 18.5. The van der Waals surface area contributed by atoms with Crippen LogP contribution < -0.4 is 5.32 Å². The van der Waals surface area contributed by atoms with Crippen LogP contribution >= 0.6 is 0 Å². The number of nitrogens with zero attached hydrogens (tertiary/aromatic N) is 3. The van der Waals surface area contributed by atoms with Gasteiger partial charge in [-0.25, -0.2) is 4.68 Å². The van der Waals surface area contributed by atoms with E-state index in [-0.39, 0.29) is 16.7 Å². The summed E-state index contributed by atoms with van der Waals surface area (Å²) in [4.78, 5) is 10.8. The second-order valence-electron chi connectivity index (χ2n) is 4.34. The zero-order chi connectivity index (χ0) is 13.7. The zero-order valence-corrected chi connectivity index (χ0v) is 11.1. The topological polar surface area (TPSA) is 73.0 Å². The third-order valence-electron chi connectivity index (χ3n) is 2.66. The van der Waals surface area contributed by atoms with Gasteiger partial charge < -0.3 is 5.32 Å². The molecular formula is C12H20N4O2. The molecule has 18 heavy (non-hydrogen) atoms. The summed E-state index contributed by atoms with van der Waals surface area (Å²) in [6, 6.07) is 0.0890. The summed E-state index contributed by atoms with van der Waals surface area (Å²) in [6.45, 7) is 7.59. The van der Waals surface area contributed by atoms with Crippen LogP contribution in [0.4, 0.5) is 11.5 Å². The van der Waals surface area contributed by atoms with Gasteiger partial charge in [-0.05, 0) is 19.8 Å². The fourth-order valence-electron chi connectivity index (χ4n) is 1.87. The smallest absolute Gasteiger partial charge is 0.333 e. The Bertz CT molecular complexity index is 440. The average Bonchev–Trinajstić information content (AvgIpc) is 2.56. The van der Waals surface area contributed by atoms with Crippen molar-refractivity contribution < 1.29 is 4.92 Å². The van der Waals surface area contributed by atoms with Crippen molar-refractivity contribution in [3.63, 3.8) is 0 Å². The fraction of sp³-hybridized carbons (Fsp3) is 0.583. The second-order valence-corrected chi connectivity index (χ2v) is 4.34. The molecule has 0 fully saturated rings. The fourth-order valence-corrected chi connectivity index (χ4v) is 1.87. The third kappa shape index (κ3) is 3.09. The van der Waals surface area contributed by atoms with Crippen LogP contribution in [0.15, 0.2) is 12.7 Å². The molecule has 1 aromatic rings. The van der Waals surface area contributed by atoms with E-state index in [1.54, 1.807) is 17.8 Å². The molecule has 0 amide bonds. The van der Waals surface area contributed by atoms with Gasteiger partial charge in [0.15, 0.2) is 0 Å². The standard InChI is InChI=1S/C12H20N4O2/c1-5-7-9(3)13-12-11(16(17)18)10(8-6-2)14-15(12)4/h5,9,13H,1,6-8H2,2-4H3. The Balaban J connectivity index is 3.08. The normalized spacial score (nSPS) is 12.2. The quantitative estimate of drug-likeness (QED) is 0.460. The van der Waals surface area contributed by atoms with Gasteiger partial charge in [0.05, 0.1) is 4.92 Å². The minimum atomic E-state index is -0.360. The van der Waals surface area contributed by atoms with Crippen LogP contribution in [-0.4, -0.2) is 20.7 Å². The van der Waals surface area contributed by atoms with Gasteiger partial charge in [-0.2, -0.15) is 5.10 Å². The molecule has 1 unspecified atom stereocenters. The Morgan fingerprint density at radius 1 is 1.67 bits per heavy atom. The van der Waals surface area contributed by atoms with E-state index < -0.39 is 0 Å². The molecule has 6 nitrogen and oxygen atoms in total. The maximum absolute atomic E-state index is 11.2. The summed E-state index contributed by atoms with van der Waals surface area (Å²) in [5.41, 5.74) is 0.633. The Hall–Kier alpha value is -1.85. The number of aromatic nitrogens is 2. The monoisotopic (exact) mass is 252 g/mol. The lowest BCUT2D eigenvalue weighted by Crippen LogP contribution is -2.17. The van der Waals surface area contributed by atoms with Crippen molar-refractivity contribution in [3.05, 3.63) is 28.5 Å². The van der Waals surface area contributed by atoms with Gasteiger partial charge in [0.2, 0.25) is 5.82 Å². The van der Waals surface area contributed by atoms with Crippen LogP contribution in [0.5, 0.6) is 0 Å². The number of nitrogens with one attached hydrogen (secondary N) is 1. The lowest BCUT2D eigenvalue weighted by Gasteiger charge is -2.12. The first kappa shape index (κ1) is 14.2. The lowest BCUT2D eigenvalue weighted by atomic mass is 10.2. The van der Waals surface area contributed by atoms with Crippen molar-refractivity contribution in [1.29, 1.82) is 0 Å². The maximum atomic E-state index is 11.2. The van der Waals surface area contributed by atoms with Crippen LogP contribution in [0.2, 0.25) is 0 Å². The number of nitro groups is 1. The van der Waals surface area contributed by atoms with Crippen molar-refractivity contribution >= 4 is 11.5 Å². The van der Waals surface area contributed by atoms with Crippen molar-refractivity contribution in [3.8, 4) is 0 Å². The molecule has 1 aromatic heterocycles. The minimum Gasteiger partial charge on any atom is -0.362 e. The molecule has 0 saturated heterocycles. The lowest BCUT2D eigenvalue weighted by molar-refractivity contribution is -0.384. The molecule has 0 bridgehead atoms. The van der Waals surface area contributed by atoms with Crippen LogP contribution in [0.3, 0.4) is 0 Å². The van der Waals surface area contributed by atoms with Crippen LogP contribution in [-0.2, 0) is 13.5 Å². The van der Waals surface area contributed by atoms with Crippen LogP contribution in [0.1, 0.15) is 32.4 Å². The Morgan fingerprint density at radius 2 is 2.33 bits per heavy atom. The molecule has 0 aliphatic rings. The van der Waals surface area contributed by atoms with Crippen LogP contribution in [0.25, 0.3) is 0 Å². The molecule has 0 aliphatic carbocycles. The molecule has 0 saturated carbocycles. The molecule has 1 heterocycles. The number of rotatable bonds is 7. The van der Waals surface area contributed by atoms with E-state index in [1.165, 1.54) is 0 Å². The Kier molecular flexibility index (Phi) is 4.88. The Morgan fingerprint density at radius 3 is 2.83 bits per heavy atom. The van der Waals surface area contributed by atoms with Gasteiger partial charge >= 0.3 is 5.69 Å².